The largest absolute Gasteiger partial charge is 0.192 e. The predicted octanol–water partition coefficient (Wildman–Crippen LogP) is 5.85. The van der Waals surface area contributed by atoms with E-state index in [0.717, 1.165) is 27.5 Å². The van der Waals surface area contributed by atoms with Crippen molar-refractivity contribution in [3.63, 3.8) is 0 Å². The molecule has 0 aliphatic carbocycles. The molecule has 1 nitrogen and oxygen atoms in total. The van der Waals surface area contributed by atoms with E-state index in [9.17, 15) is 5.26 Å². The lowest BCUT2D eigenvalue weighted by molar-refractivity contribution is 1.50. The fourth-order valence-corrected chi connectivity index (χ4v) is 2.71. The maximum atomic E-state index is 9.61. The lowest BCUT2D eigenvalue weighted by Gasteiger charge is -2.05. The highest BCUT2D eigenvalue weighted by Crippen LogP contribution is 2.26. The van der Waals surface area contributed by atoms with Gasteiger partial charge in [-0.2, -0.15) is 5.26 Å². The average molecular weight is 295 g/mol. The fraction of sp³-hybridized carbons (Fsp3) is 0.0455. The summed E-state index contributed by atoms with van der Waals surface area (Å²) >= 11 is 0. The van der Waals surface area contributed by atoms with E-state index in [-0.39, 0.29) is 0 Å². The first-order chi connectivity index (χ1) is 11.3. The maximum absolute atomic E-state index is 9.61. The number of hydrogen-bond donors (Lipinski definition) is 0. The van der Waals surface area contributed by atoms with Gasteiger partial charge in [0.15, 0.2) is 0 Å². The van der Waals surface area contributed by atoms with Crippen LogP contribution in [0.25, 0.3) is 22.4 Å². The number of fused-ring (bicyclic) bond motifs is 1. The van der Waals surface area contributed by atoms with Crippen molar-refractivity contribution in [2.24, 2.45) is 0 Å². The van der Waals surface area contributed by atoms with Gasteiger partial charge in [-0.1, -0.05) is 78.9 Å². The molecule has 0 aromatic heterocycles. The van der Waals surface area contributed by atoms with Gasteiger partial charge in [0.2, 0.25) is 0 Å². The predicted molar refractivity (Wildman–Crippen MR) is 97.6 cm³/mol. The molecule has 3 aromatic carbocycles. The summed E-state index contributed by atoms with van der Waals surface area (Å²) in [5.41, 5.74) is 3.86. The Bertz CT molecular complexity index is 920. The standard InChI is InChI=1S/C22H17N/c1-17(14-18-8-3-2-4-9-18)15-20(16-23)22-13-7-11-19-10-5-6-12-21(19)22/h2-15H,1H3/b17-14+,20-15-. The Morgan fingerprint density at radius 3 is 2.35 bits per heavy atom. The molecule has 0 saturated heterocycles. The molecule has 0 N–H and O–H groups in total. The van der Waals surface area contributed by atoms with E-state index in [2.05, 4.69) is 42.5 Å². The van der Waals surface area contributed by atoms with E-state index in [4.69, 9.17) is 0 Å². The zero-order chi connectivity index (χ0) is 16.1. The summed E-state index contributed by atoms with van der Waals surface area (Å²) in [5.74, 6) is 0. The van der Waals surface area contributed by atoms with Gasteiger partial charge in [-0.05, 0) is 34.9 Å². The molecule has 0 bridgehead atoms. The lowest BCUT2D eigenvalue weighted by Crippen LogP contribution is -1.85. The quantitative estimate of drug-likeness (QED) is 0.439. The number of hydrogen-bond acceptors (Lipinski definition) is 1. The van der Waals surface area contributed by atoms with Gasteiger partial charge in [0.05, 0.1) is 11.6 Å². The highest BCUT2D eigenvalue weighted by atomic mass is 14.3. The van der Waals surface area contributed by atoms with Crippen molar-refractivity contribution in [1.82, 2.24) is 0 Å². The van der Waals surface area contributed by atoms with Gasteiger partial charge in [-0.25, -0.2) is 0 Å². The summed E-state index contributed by atoms with van der Waals surface area (Å²) in [4.78, 5) is 0. The van der Waals surface area contributed by atoms with Crippen molar-refractivity contribution in [2.45, 2.75) is 6.92 Å². The minimum atomic E-state index is 0.687. The third-order valence-electron chi connectivity index (χ3n) is 3.77. The zero-order valence-electron chi connectivity index (χ0n) is 13.0. The topological polar surface area (TPSA) is 23.8 Å². The molecule has 1 heteroatoms. The molecular formula is C22H17N. The van der Waals surface area contributed by atoms with Crippen molar-refractivity contribution < 1.29 is 0 Å². The second kappa shape index (κ2) is 6.77. The Morgan fingerprint density at radius 1 is 0.870 bits per heavy atom. The molecule has 0 radical (unpaired) electrons. The summed E-state index contributed by atoms with van der Waals surface area (Å²) in [6.45, 7) is 2.02. The van der Waals surface area contributed by atoms with Crippen LogP contribution in [0.4, 0.5) is 0 Å². The van der Waals surface area contributed by atoms with Crippen LogP contribution in [0.2, 0.25) is 0 Å². The van der Waals surface area contributed by atoms with Gasteiger partial charge < -0.3 is 0 Å². The Labute approximate surface area is 136 Å². The van der Waals surface area contributed by atoms with Gasteiger partial charge in [0.1, 0.15) is 0 Å². The Kier molecular flexibility index (Phi) is 4.36. The molecule has 0 spiro atoms. The van der Waals surface area contributed by atoms with E-state index in [1.807, 2.05) is 55.5 Å². The van der Waals surface area contributed by atoms with Crippen molar-refractivity contribution in [3.8, 4) is 6.07 Å². The summed E-state index contributed by atoms with van der Waals surface area (Å²) < 4.78 is 0. The molecule has 0 heterocycles. The second-order valence-corrected chi connectivity index (χ2v) is 5.50. The average Bonchev–Trinajstić information content (AvgIpc) is 2.60. The van der Waals surface area contributed by atoms with Crippen molar-refractivity contribution in [3.05, 3.63) is 95.6 Å². The number of benzene rings is 3. The van der Waals surface area contributed by atoms with Gasteiger partial charge in [0.25, 0.3) is 0 Å². The molecule has 110 valence electrons. The van der Waals surface area contributed by atoms with Crippen LogP contribution in [0.1, 0.15) is 18.1 Å². The highest BCUT2D eigenvalue weighted by molar-refractivity contribution is 5.97. The van der Waals surface area contributed by atoms with Crippen LogP contribution in [-0.2, 0) is 0 Å². The summed E-state index contributed by atoms with van der Waals surface area (Å²) in [6.07, 6.45) is 4.04. The molecule has 0 aliphatic heterocycles. The van der Waals surface area contributed by atoms with Crippen LogP contribution in [-0.4, -0.2) is 0 Å². The first-order valence-corrected chi connectivity index (χ1v) is 7.61. The molecule has 0 amide bonds. The third kappa shape index (κ3) is 3.39. The SMILES string of the molecule is CC(=C\c1ccccc1)/C=C(/C#N)c1cccc2ccccc12. The maximum Gasteiger partial charge on any atom is 0.0998 e. The smallest absolute Gasteiger partial charge is 0.0998 e. The van der Waals surface area contributed by atoms with Crippen LogP contribution >= 0.6 is 0 Å². The third-order valence-corrected chi connectivity index (χ3v) is 3.77. The number of nitrogens with zero attached hydrogens (tertiary/aromatic N) is 1. The van der Waals surface area contributed by atoms with Gasteiger partial charge in [0, 0.05) is 5.56 Å². The summed E-state index contributed by atoms with van der Waals surface area (Å²) in [5, 5.41) is 11.9. The first kappa shape index (κ1) is 14.8. The van der Waals surface area contributed by atoms with Crippen molar-refractivity contribution >= 4 is 22.4 Å². The normalized spacial score (nSPS) is 12.2. The molecule has 23 heavy (non-hydrogen) atoms. The van der Waals surface area contributed by atoms with Crippen LogP contribution in [0.15, 0.2) is 84.4 Å². The van der Waals surface area contributed by atoms with E-state index in [1.54, 1.807) is 0 Å². The van der Waals surface area contributed by atoms with Crippen molar-refractivity contribution in [1.29, 1.82) is 5.26 Å². The van der Waals surface area contributed by atoms with E-state index < -0.39 is 0 Å². The fourth-order valence-electron chi connectivity index (χ4n) is 2.71. The van der Waals surface area contributed by atoms with Gasteiger partial charge in [-0.15, -0.1) is 0 Å². The van der Waals surface area contributed by atoms with Crippen LogP contribution in [0.5, 0.6) is 0 Å². The molecule has 3 aromatic rings. The van der Waals surface area contributed by atoms with Gasteiger partial charge in [-0.3, -0.25) is 0 Å². The number of allylic oxidation sites excluding steroid dienone is 3. The molecule has 0 fully saturated rings. The van der Waals surface area contributed by atoms with E-state index >= 15 is 0 Å². The Hall–Kier alpha value is -3.11. The van der Waals surface area contributed by atoms with Crippen LogP contribution in [0.3, 0.4) is 0 Å². The molecule has 3 rings (SSSR count). The number of nitriles is 1. The Balaban J connectivity index is 2.05. The van der Waals surface area contributed by atoms with Gasteiger partial charge >= 0.3 is 0 Å². The first-order valence-electron chi connectivity index (χ1n) is 7.61. The van der Waals surface area contributed by atoms with E-state index in [1.165, 1.54) is 0 Å². The summed E-state index contributed by atoms with van der Waals surface area (Å²) in [7, 11) is 0. The van der Waals surface area contributed by atoms with Crippen molar-refractivity contribution in [2.75, 3.05) is 0 Å². The van der Waals surface area contributed by atoms with Crippen LogP contribution in [0, 0.1) is 11.3 Å². The molecular weight excluding hydrogens is 278 g/mol. The molecule has 0 saturated carbocycles. The zero-order valence-corrected chi connectivity index (χ0v) is 13.0. The number of rotatable bonds is 3. The Morgan fingerprint density at radius 2 is 1.57 bits per heavy atom. The van der Waals surface area contributed by atoms with Crippen LogP contribution < -0.4 is 0 Å². The molecule has 0 aliphatic rings. The summed E-state index contributed by atoms with van der Waals surface area (Å²) in [6, 6.07) is 26.7. The molecule has 0 atom stereocenters. The van der Waals surface area contributed by atoms with E-state index in [0.29, 0.717) is 5.57 Å². The monoisotopic (exact) mass is 295 g/mol. The minimum absolute atomic E-state index is 0.687. The second-order valence-electron chi connectivity index (χ2n) is 5.50. The minimum Gasteiger partial charge on any atom is -0.192 e. The molecule has 0 unspecified atom stereocenters. The highest BCUT2D eigenvalue weighted by Gasteiger charge is 2.05. The lowest BCUT2D eigenvalue weighted by atomic mass is 9.97.